The van der Waals surface area contributed by atoms with Gasteiger partial charge in [0.15, 0.2) is 0 Å². The fourth-order valence-corrected chi connectivity index (χ4v) is 6.05. The fourth-order valence-electron chi connectivity index (χ4n) is 4.65. The van der Waals surface area contributed by atoms with Crippen molar-refractivity contribution in [2.45, 2.75) is 58.4 Å². The van der Waals surface area contributed by atoms with Gasteiger partial charge in [-0.25, -0.2) is 8.42 Å². The molecule has 3 aromatic rings. The summed E-state index contributed by atoms with van der Waals surface area (Å²) in [6.07, 6.45) is 0.942. The molecular weight excluding hydrogens is 510 g/mol. The number of rotatable bonds is 12. The van der Waals surface area contributed by atoms with Gasteiger partial charge < -0.3 is 10.2 Å². The van der Waals surface area contributed by atoms with E-state index in [-0.39, 0.29) is 17.3 Å². The van der Waals surface area contributed by atoms with Crippen molar-refractivity contribution in [1.82, 2.24) is 10.2 Å². The van der Waals surface area contributed by atoms with Crippen LogP contribution in [0.5, 0.6) is 0 Å². The van der Waals surface area contributed by atoms with E-state index in [2.05, 4.69) is 5.32 Å². The summed E-state index contributed by atoms with van der Waals surface area (Å²) >= 11 is 0. The van der Waals surface area contributed by atoms with Crippen molar-refractivity contribution in [3.63, 3.8) is 0 Å². The molecule has 0 saturated carbocycles. The molecule has 0 spiro atoms. The lowest BCUT2D eigenvalue weighted by molar-refractivity contribution is -0.139. The number of sulfonamides is 1. The molecule has 2 amide bonds. The minimum absolute atomic E-state index is 0.103. The number of nitrogens with one attached hydrogen (secondary N) is 1. The number of aryl methyl sites for hydroxylation is 3. The quantitative estimate of drug-likeness (QED) is 0.352. The van der Waals surface area contributed by atoms with E-state index in [0.717, 1.165) is 22.3 Å². The molecule has 208 valence electrons. The predicted molar refractivity (Wildman–Crippen MR) is 156 cm³/mol. The van der Waals surface area contributed by atoms with Crippen LogP contribution in [0.3, 0.4) is 0 Å². The number of amides is 2. The highest BCUT2D eigenvalue weighted by Crippen LogP contribution is 2.27. The monoisotopic (exact) mass is 549 g/mol. The molecule has 0 aromatic heterocycles. The maximum Gasteiger partial charge on any atom is 0.264 e. The highest BCUT2D eigenvalue weighted by atomic mass is 32.2. The summed E-state index contributed by atoms with van der Waals surface area (Å²) in [5.41, 5.74) is 4.14. The SMILES string of the molecule is CCNC(=O)[C@@H](CC)N(CCc1ccccc1)C(=O)CN(c1cc(C)cc(C)c1)S(=O)(=O)c1ccc(C)cc1. The minimum atomic E-state index is -4.08. The topological polar surface area (TPSA) is 86.8 Å². The van der Waals surface area contributed by atoms with Gasteiger partial charge in [0, 0.05) is 13.1 Å². The summed E-state index contributed by atoms with van der Waals surface area (Å²) < 4.78 is 29.1. The maximum absolute atomic E-state index is 14.0. The van der Waals surface area contributed by atoms with Crippen molar-refractivity contribution in [2.24, 2.45) is 0 Å². The van der Waals surface area contributed by atoms with Crippen LogP contribution in [0.1, 0.15) is 42.5 Å². The van der Waals surface area contributed by atoms with Gasteiger partial charge >= 0.3 is 0 Å². The molecule has 39 heavy (non-hydrogen) atoms. The number of nitrogens with zero attached hydrogens (tertiary/aromatic N) is 2. The summed E-state index contributed by atoms with van der Waals surface area (Å²) in [6, 6.07) is 21.1. The van der Waals surface area contributed by atoms with Gasteiger partial charge in [-0.05, 0) is 81.5 Å². The van der Waals surface area contributed by atoms with Crippen molar-refractivity contribution in [3.05, 3.63) is 95.1 Å². The number of carbonyl (C=O) groups excluding carboxylic acids is 2. The van der Waals surface area contributed by atoms with Crippen molar-refractivity contribution >= 4 is 27.5 Å². The van der Waals surface area contributed by atoms with Crippen molar-refractivity contribution in [2.75, 3.05) is 23.9 Å². The second-order valence-electron chi connectivity index (χ2n) is 9.81. The average Bonchev–Trinajstić information content (AvgIpc) is 2.89. The Balaban J connectivity index is 2.04. The normalized spacial score (nSPS) is 12.0. The van der Waals surface area contributed by atoms with Gasteiger partial charge in [-0.15, -0.1) is 0 Å². The van der Waals surface area contributed by atoms with Crippen molar-refractivity contribution in [1.29, 1.82) is 0 Å². The summed E-state index contributed by atoms with van der Waals surface area (Å²) in [5.74, 6) is -0.681. The first-order valence-corrected chi connectivity index (χ1v) is 14.8. The van der Waals surface area contributed by atoms with Crippen LogP contribution in [0.15, 0.2) is 77.7 Å². The zero-order chi connectivity index (χ0) is 28.6. The number of hydrogen-bond acceptors (Lipinski definition) is 4. The average molecular weight is 550 g/mol. The molecule has 0 unspecified atom stereocenters. The van der Waals surface area contributed by atoms with Gasteiger partial charge in [0.25, 0.3) is 10.0 Å². The third-order valence-corrected chi connectivity index (χ3v) is 8.39. The number of hydrogen-bond donors (Lipinski definition) is 1. The third kappa shape index (κ3) is 7.69. The van der Waals surface area contributed by atoms with Crippen LogP contribution >= 0.6 is 0 Å². The molecule has 0 bridgehead atoms. The zero-order valence-electron chi connectivity index (χ0n) is 23.5. The molecule has 1 N–H and O–H groups in total. The van der Waals surface area contributed by atoms with Crippen LogP contribution in [-0.4, -0.2) is 50.8 Å². The molecular formula is C31H39N3O4S. The predicted octanol–water partition coefficient (Wildman–Crippen LogP) is 4.79. The Kier molecular flexibility index (Phi) is 10.3. The molecule has 0 radical (unpaired) electrons. The van der Waals surface area contributed by atoms with Crippen molar-refractivity contribution < 1.29 is 18.0 Å². The maximum atomic E-state index is 14.0. The molecule has 0 aliphatic rings. The van der Waals surface area contributed by atoms with E-state index in [0.29, 0.717) is 25.1 Å². The molecule has 0 heterocycles. The second kappa shape index (κ2) is 13.4. The van der Waals surface area contributed by atoms with E-state index in [4.69, 9.17) is 0 Å². The summed E-state index contributed by atoms with van der Waals surface area (Å²) in [5, 5.41) is 2.83. The minimum Gasteiger partial charge on any atom is -0.355 e. The van der Waals surface area contributed by atoms with E-state index >= 15 is 0 Å². The summed E-state index contributed by atoms with van der Waals surface area (Å²) in [7, 11) is -4.08. The first-order valence-electron chi connectivity index (χ1n) is 13.4. The first kappa shape index (κ1) is 29.9. The van der Waals surface area contributed by atoms with Crippen LogP contribution in [0.2, 0.25) is 0 Å². The Morgan fingerprint density at radius 1 is 0.846 bits per heavy atom. The number of benzene rings is 3. The lowest BCUT2D eigenvalue weighted by atomic mass is 10.1. The zero-order valence-corrected chi connectivity index (χ0v) is 24.3. The van der Waals surface area contributed by atoms with Crippen molar-refractivity contribution in [3.8, 4) is 0 Å². The Morgan fingerprint density at radius 2 is 1.46 bits per heavy atom. The van der Waals surface area contributed by atoms with Gasteiger partial charge in [0.2, 0.25) is 11.8 Å². The molecule has 8 heteroatoms. The lowest BCUT2D eigenvalue weighted by Gasteiger charge is -2.33. The molecule has 7 nitrogen and oxygen atoms in total. The van der Waals surface area contributed by atoms with Crippen LogP contribution < -0.4 is 9.62 Å². The fraction of sp³-hybridized carbons (Fsp3) is 0.355. The smallest absolute Gasteiger partial charge is 0.264 e. The Hall–Kier alpha value is -3.65. The van der Waals surface area contributed by atoms with E-state index in [1.165, 1.54) is 9.21 Å². The third-order valence-electron chi connectivity index (χ3n) is 6.60. The van der Waals surface area contributed by atoms with Gasteiger partial charge in [-0.2, -0.15) is 0 Å². The van der Waals surface area contributed by atoms with Crippen LogP contribution in [-0.2, 0) is 26.0 Å². The van der Waals surface area contributed by atoms with E-state index < -0.39 is 28.5 Å². The Labute approximate surface area is 232 Å². The highest BCUT2D eigenvalue weighted by Gasteiger charge is 2.33. The first-order chi connectivity index (χ1) is 18.6. The number of likely N-dealkylation sites (N-methyl/N-ethyl adjacent to an activating group) is 1. The second-order valence-corrected chi connectivity index (χ2v) is 11.7. The van der Waals surface area contributed by atoms with Crippen LogP contribution in [0.4, 0.5) is 5.69 Å². The van der Waals surface area contributed by atoms with Crippen LogP contribution in [0, 0.1) is 20.8 Å². The van der Waals surface area contributed by atoms with Gasteiger partial charge in [-0.3, -0.25) is 13.9 Å². The summed E-state index contributed by atoms with van der Waals surface area (Å²) in [4.78, 5) is 28.6. The lowest BCUT2D eigenvalue weighted by Crippen LogP contribution is -2.53. The number of anilines is 1. The molecule has 0 aliphatic heterocycles. The van der Waals surface area contributed by atoms with E-state index in [1.807, 2.05) is 71.0 Å². The van der Waals surface area contributed by atoms with Crippen LogP contribution in [0.25, 0.3) is 0 Å². The van der Waals surface area contributed by atoms with Gasteiger partial charge in [0.1, 0.15) is 12.6 Å². The molecule has 0 aliphatic carbocycles. The van der Waals surface area contributed by atoms with E-state index in [9.17, 15) is 18.0 Å². The summed E-state index contributed by atoms with van der Waals surface area (Å²) in [6.45, 7) is 9.65. The molecule has 0 saturated heterocycles. The molecule has 3 aromatic carbocycles. The largest absolute Gasteiger partial charge is 0.355 e. The van der Waals surface area contributed by atoms with Gasteiger partial charge in [-0.1, -0.05) is 61.0 Å². The van der Waals surface area contributed by atoms with Gasteiger partial charge in [0.05, 0.1) is 10.6 Å². The number of carbonyl (C=O) groups is 2. The Morgan fingerprint density at radius 3 is 2.03 bits per heavy atom. The van der Waals surface area contributed by atoms with E-state index in [1.54, 1.807) is 36.4 Å². The Bertz CT molecular complexity index is 1350. The molecule has 1 atom stereocenters. The standard InChI is InChI=1S/C31H39N3O4S/c1-6-29(31(36)32-7-2)33(18-17-26-11-9-8-10-12-26)30(35)22-34(27-20-24(4)19-25(5)21-27)39(37,38)28-15-13-23(3)14-16-28/h8-16,19-21,29H,6-7,17-18,22H2,1-5H3,(H,32,36)/t29-/m1/s1. The molecule has 0 fully saturated rings. The highest BCUT2D eigenvalue weighted by molar-refractivity contribution is 7.92. The molecule has 3 rings (SSSR count).